The van der Waals surface area contributed by atoms with Crippen molar-refractivity contribution in [3.8, 4) is 0 Å². The number of likely N-dealkylation sites (tertiary alicyclic amines) is 1. The van der Waals surface area contributed by atoms with Crippen LogP contribution in [0.1, 0.15) is 18.4 Å². The molecule has 4 heterocycles. The molecule has 3 saturated heterocycles. The number of Topliss-reactive ketones (excluding diaryl/α,β-unsaturated/α-hetero) is 1. The fourth-order valence-electron chi connectivity index (χ4n) is 5.83. The number of amides is 1. The largest absolute Gasteiger partial charge is 0.372 e. The van der Waals surface area contributed by atoms with E-state index in [9.17, 15) is 30.8 Å². The topological polar surface area (TPSA) is 151 Å². The van der Waals surface area contributed by atoms with Crippen molar-refractivity contribution in [1.29, 1.82) is 0 Å². The molecule has 3 unspecified atom stereocenters. The highest BCUT2D eigenvalue weighted by Gasteiger charge is 2.62. The Kier molecular flexibility index (Phi) is 5.63. The van der Waals surface area contributed by atoms with Crippen LogP contribution in [0.25, 0.3) is 0 Å². The van der Waals surface area contributed by atoms with Gasteiger partial charge in [-0.1, -0.05) is 12.1 Å². The smallest absolute Gasteiger partial charge is 0.286 e. The second-order valence-electron chi connectivity index (χ2n) is 9.90. The number of halogens is 1. The average Bonchev–Trinajstić information content (AvgIpc) is 3.45. The van der Waals surface area contributed by atoms with Crippen LogP contribution in [0.15, 0.2) is 51.8 Å². The zero-order valence-corrected chi connectivity index (χ0v) is 21.6. The van der Waals surface area contributed by atoms with Crippen molar-refractivity contribution >= 4 is 48.9 Å². The first-order valence-corrected chi connectivity index (χ1v) is 15.2. The van der Waals surface area contributed by atoms with Crippen LogP contribution in [-0.2, 0) is 40.9 Å². The number of benzene rings is 2. The number of sulfonamides is 2. The van der Waals surface area contributed by atoms with Gasteiger partial charge in [-0.15, -0.1) is 4.40 Å². The van der Waals surface area contributed by atoms with Crippen LogP contribution in [0.3, 0.4) is 0 Å². The summed E-state index contributed by atoms with van der Waals surface area (Å²) in [5.74, 6) is -3.96. The monoisotopic (exact) mass is 562 g/mol. The summed E-state index contributed by atoms with van der Waals surface area (Å²) in [6.45, 7) is 0.0910. The van der Waals surface area contributed by atoms with Gasteiger partial charge in [0.15, 0.2) is 11.7 Å². The molecule has 0 aliphatic carbocycles. The van der Waals surface area contributed by atoms with E-state index >= 15 is 0 Å². The third-order valence-electron chi connectivity index (χ3n) is 7.32. The normalized spacial score (nSPS) is 29.4. The maximum atomic E-state index is 13.8. The van der Waals surface area contributed by atoms with Crippen LogP contribution in [-0.4, -0.2) is 63.8 Å². The molecule has 0 aromatic heterocycles. The molecule has 6 rings (SSSR count). The van der Waals surface area contributed by atoms with E-state index < -0.39 is 55.4 Å². The zero-order chi connectivity index (χ0) is 27.0. The van der Waals surface area contributed by atoms with Gasteiger partial charge in [-0.3, -0.25) is 14.3 Å². The molecule has 11 nitrogen and oxygen atoms in total. The van der Waals surface area contributed by atoms with Gasteiger partial charge in [-0.25, -0.2) is 12.8 Å². The van der Waals surface area contributed by atoms with Crippen molar-refractivity contribution in [1.82, 2.24) is 4.90 Å². The molecule has 4 aliphatic rings. The summed E-state index contributed by atoms with van der Waals surface area (Å²) in [5, 5.41) is 2.82. The number of nitrogens with one attached hydrogen (secondary N) is 2. The van der Waals surface area contributed by atoms with E-state index in [-0.39, 0.29) is 40.9 Å². The van der Waals surface area contributed by atoms with Gasteiger partial charge in [0.1, 0.15) is 16.5 Å². The molecule has 2 aromatic carbocycles. The van der Waals surface area contributed by atoms with Gasteiger partial charge in [0.2, 0.25) is 15.9 Å². The maximum absolute atomic E-state index is 13.8. The fourth-order valence-corrected chi connectivity index (χ4v) is 7.57. The van der Waals surface area contributed by atoms with Gasteiger partial charge in [-0.2, -0.15) is 8.42 Å². The number of anilines is 2. The minimum absolute atomic E-state index is 0.0209. The van der Waals surface area contributed by atoms with Crippen molar-refractivity contribution in [2.24, 2.45) is 16.2 Å². The number of piperidine rings is 1. The summed E-state index contributed by atoms with van der Waals surface area (Å²) in [5.41, 5.74) is 0.732. The summed E-state index contributed by atoms with van der Waals surface area (Å²) in [4.78, 5) is 28.8. The third kappa shape index (κ3) is 4.16. The van der Waals surface area contributed by atoms with E-state index in [1.807, 2.05) is 0 Å². The number of ketones is 1. The number of ether oxygens (including phenoxy) is 1. The first-order valence-electron chi connectivity index (χ1n) is 11.9. The van der Waals surface area contributed by atoms with E-state index in [1.54, 1.807) is 12.1 Å². The highest BCUT2D eigenvalue weighted by atomic mass is 32.2. The molecule has 0 radical (unpaired) electrons. The van der Waals surface area contributed by atoms with Crippen molar-refractivity contribution in [3.05, 3.63) is 53.8 Å². The minimum atomic E-state index is -4.38. The summed E-state index contributed by atoms with van der Waals surface area (Å²) in [6, 6.07) is 8.97. The van der Waals surface area contributed by atoms with Crippen LogP contribution in [0.2, 0.25) is 0 Å². The Morgan fingerprint density at radius 1 is 1.13 bits per heavy atom. The quantitative estimate of drug-likeness (QED) is 0.520. The molecule has 14 heteroatoms. The second kappa shape index (κ2) is 8.58. The number of hydrogen-bond acceptors (Lipinski definition) is 8. The Hall–Kier alpha value is -3.36. The van der Waals surface area contributed by atoms with Crippen molar-refractivity contribution in [2.45, 2.75) is 42.5 Å². The highest BCUT2D eigenvalue weighted by Crippen LogP contribution is 2.47. The number of fused-ring (bicyclic) bond motifs is 6. The molecule has 5 atom stereocenters. The second-order valence-corrected chi connectivity index (χ2v) is 13.2. The van der Waals surface area contributed by atoms with Crippen LogP contribution in [0.5, 0.6) is 0 Å². The van der Waals surface area contributed by atoms with E-state index in [0.29, 0.717) is 18.4 Å². The van der Waals surface area contributed by atoms with Crippen LogP contribution >= 0.6 is 0 Å². The van der Waals surface area contributed by atoms with E-state index in [2.05, 4.69) is 14.4 Å². The van der Waals surface area contributed by atoms with Crippen molar-refractivity contribution in [3.63, 3.8) is 0 Å². The Morgan fingerprint density at radius 3 is 2.55 bits per heavy atom. The number of rotatable bonds is 5. The lowest BCUT2D eigenvalue weighted by Crippen LogP contribution is -2.62. The lowest BCUT2D eigenvalue weighted by molar-refractivity contribution is -0.151. The van der Waals surface area contributed by atoms with Crippen LogP contribution in [0, 0.1) is 17.7 Å². The first kappa shape index (κ1) is 24.9. The fraction of sp³-hybridized carbons (Fsp3) is 0.375. The molecule has 2 bridgehead atoms. The number of carbonyl (C=O) groups is 2. The minimum Gasteiger partial charge on any atom is -0.372 e. The highest BCUT2D eigenvalue weighted by molar-refractivity contribution is 7.92. The molecule has 0 spiro atoms. The zero-order valence-electron chi connectivity index (χ0n) is 20.0. The molecular formula is C24H23FN4O7S2. The van der Waals surface area contributed by atoms with E-state index in [0.717, 1.165) is 12.3 Å². The number of nitrogens with zero attached hydrogens (tertiary/aromatic N) is 2. The summed E-state index contributed by atoms with van der Waals surface area (Å²) in [6.07, 6.45) is 1.58. The Labute approximate surface area is 218 Å². The van der Waals surface area contributed by atoms with Crippen molar-refractivity contribution in [2.75, 3.05) is 16.3 Å². The number of hydrogen-bond donors (Lipinski definition) is 2. The predicted molar refractivity (Wildman–Crippen MR) is 134 cm³/mol. The van der Waals surface area contributed by atoms with Gasteiger partial charge in [-0.05, 0) is 48.7 Å². The van der Waals surface area contributed by atoms with E-state index in [4.69, 9.17) is 4.74 Å². The first-order chi connectivity index (χ1) is 17.9. The van der Waals surface area contributed by atoms with Gasteiger partial charge >= 0.3 is 0 Å². The molecule has 1 amide bonds. The van der Waals surface area contributed by atoms with Gasteiger partial charge in [0, 0.05) is 12.2 Å². The van der Waals surface area contributed by atoms with Gasteiger partial charge < -0.3 is 15.0 Å². The lowest BCUT2D eigenvalue weighted by atomic mass is 9.73. The lowest BCUT2D eigenvalue weighted by Gasteiger charge is -2.44. The Morgan fingerprint density at radius 2 is 1.84 bits per heavy atom. The summed E-state index contributed by atoms with van der Waals surface area (Å²) >= 11 is 0. The van der Waals surface area contributed by atoms with Crippen LogP contribution in [0.4, 0.5) is 15.8 Å². The standard InChI is InChI=1S/C24H23FN4O7S2/c1-37(32,33)27-14-6-7-15-18(10-14)38(34,35)28-23(26-15)20-22(30)19-16-8-9-17(36-16)21(19)29(24(20)31)11-12-2-4-13(25)5-3-12/h2-7,10,16-17,19-21,27H,8-9,11H2,1H3,(H,26,28)/t16-,17+,19?,20?,21?/m1/s1. The van der Waals surface area contributed by atoms with Gasteiger partial charge in [0.25, 0.3) is 10.0 Å². The van der Waals surface area contributed by atoms with Crippen LogP contribution < -0.4 is 10.0 Å². The number of amidine groups is 1. The SMILES string of the molecule is CS(=O)(=O)Nc1ccc2c(c1)S(=O)(=O)N=C(C1C(=O)C3C([C@@H]4CC[C@H]3O4)N(Cc3ccc(F)cc3)C1=O)N2. The van der Waals surface area contributed by atoms with Gasteiger partial charge in [0.05, 0.1) is 36.1 Å². The molecule has 3 fully saturated rings. The number of carbonyl (C=O) groups excluding carboxylic acids is 2. The van der Waals surface area contributed by atoms with E-state index in [1.165, 1.54) is 29.2 Å². The predicted octanol–water partition coefficient (Wildman–Crippen LogP) is 1.48. The Balaban J connectivity index is 1.37. The molecule has 2 N–H and O–H groups in total. The third-order valence-corrected chi connectivity index (χ3v) is 9.26. The molecule has 0 saturated carbocycles. The molecule has 2 aromatic rings. The molecule has 200 valence electrons. The maximum Gasteiger partial charge on any atom is 0.286 e. The molecule has 38 heavy (non-hydrogen) atoms. The summed E-state index contributed by atoms with van der Waals surface area (Å²) in [7, 11) is -8.04. The summed E-state index contributed by atoms with van der Waals surface area (Å²) < 4.78 is 74.9. The Bertz CT molecular complexity index is 1610. The molecule has 4 aliphatic heterocycles. The average molecular weight is 563 g/mol. The molecular weight excluding hydrogens is 539 g/mol. The van der Waals surface area contributed by atoms with Crippen molar-refractivity contribution < 1.29 is 35.6 Å².